The Morgan fingerprint density at radius 2 is 2.21 bits per heavy atom. The summed E-state index contributed by atoms with van der Waals surface area (Å²) in [7, 11) is 0. The van der Waals surface area contributed by atoms with Gasteiger partial charge in [0.2, 0.25) is 0 Å². The minimum atomic E-state index is 0.175. The highest BCUT2D eigenvalue weighted by Gasteiger charge is 2.29. The Labute approximate surface area is 171 Å². The number of amides is 1. The fourth-order valence-corrected chi connectivity index (χ4v) is 5.12. The second kappa shape index (κ2) is 8.72. The Balaban J connectivity index is 1.42. The molecule has 0 saturated carbocycles. The number of pyridine rings is 1. The summed E-state index contributed by atoms with van der Waals surface area (Å²) in [5.41, 5.74) is 4.58. The van der Waals surface area contributed by atoms with Gasteiger partial charge in [0, 0.05) is 49.2 Å². The molecule has 2 aliphatic heterocycles. The SMILES string of the molecule is CCc1ccc(CN2CCc3c(C(=O)N4CCO[C@H](CC)C4)csc3C2)nc1. The maximum atomic E-state index is 13.1. The summed E-state index contributed by atoms with van der Waals surface area (Å²) in [6.45, 7) is 9.08. The molecule has 1 amide bonds. The van der Waals surface area contributed by atoms with Crippen LogP contribution in [0.2, 0.25) is 0 Å². The molecule has 4 rings (SSSR count). The Morgan fingerprint density at radius 3 is 2.96 bits per heavy atom. The zero-order chi connectivity index (χ0) is 19.5. The quantitative estimate of drug-likeness (QED) is 0.772. The molecular weight excluding hydrogens is 370 g/mol. The summed E-state index contributed by atoms with van der Waals surface area (Å²) in [4.78, 5) is 23.4. The smallest absolute Gasteiger partial charge is 0.255 e. The third-order valence-corrected chi connectivity index (χ3v) is 6.83. The lowest BCUT2D eigenvalue weighted by molar-refractivity contribution is -0.0226. The number of carbonyl (C=O) groups is 1. The minimum Gasteiger partial charge on any atom is -0.375 e. The maximum absolute atomic E-state index is 13.1. The molecule has 1 saturated heterocycles. The van der Waals surface area contributed by atoms with Gasteiger partial charge in [0.25, 0.3) is 5.91 Å². The van der Waals surface area contributed by atoms with Crippen LogP contribution < -0.4 is 0 Å². The molecule has 0 aromatic carbocycles. The predicted molar refractivity (Wildman–Crippen MR) is 112 cm³/mol. The van der Waals surface area contributed by atoms with Crippen LogP contribution >= 0.6 is 11.3 Å². The molecule has 2 aliphatic rings. The van der Waals surface area contributed by atoms with Crippen molar-refractivity contribution in [2.75, 3.05) is 26.2 Å². The molecule has 0 radical (unpaired) electrons. The fourth-order valence-electron chi connectivity index (χ4n) is 4.00. The van der Waals surface area contributed by atoms with Gasteiger partial charge in [-0.2, -0.15) is 0 Å². The second-order valence-corrected chi connectivity index (χ2v) is 8.64. The van der Waals surface area contributed by atoms with Crippen molar-refractivity contribution in [3.8, 4) is 0 Å². The molecule has 0 spiro atoms. The van der Waals surface area contributed by atoms with Crippen molar-refractivity contribution in [1.82, 2.24) is 14.8 Å². The highest BCUT2D eigenvalue weighted by molar-refractivity contribution is 7.10. The molecule has 0 bridgehead atoms. The molecule has 2 aromatic rings. The van der Waals surface area contributed by atoms with E-state index in [1.165, 1.54) is 16.0 Å². The van der Waals surface area contributed by atoms with Gasteiger partial charge in [0.15, 0.2) is 0 Å². The zero-order valence-corrected chi connectivity index (χ0v) is 17.6. The largest absolute Gasteiger partial charge is 0.375 e. The van der Waals surface area contributed by atoms with Crippen LogP contribution in [-0.2, 0) is 30.7 Å². The van der Waals surface area contributed by atoms with Crippen molar-refractivity contribution >= 4 is 17.2 Å². The Morgan fingerprint density at radius 1 is 1.32 bits per heavy atom. The van der Waals surface area contributed by atoms with Crippen LogP contribution in [0.15, 0.2) is 23.7 Å². The number of hydrogen-bond donors (Lipinski definition) is 0. The van der Waals surface area contributed by atoms with Crippen molar-refractivity contribution in [3.63, 3.8) is 0 Å². The number of thiophene rings is 1. The first-order valence-corrected chi connectivity index (χ1v) is 11.2. The molecule has 0 aliphatic carbocycles. The first-order valence-electron chi connectivity index (χ1n) is 10.3. The van der Waals surface area contributed by atoms with E-state index in [2.05, 4.69) is 41.2 Å². The van der Waals surface area contributed by atoms with Crippen molar-refractivity contribution in [3.05, 3.63) is 51.0 Å². The lowest BCUT2D eigenvalue weighted by Crippen LogP contribution is -2.45. The van der Waals surface area contributed by atoms with Crippen LogP contribution in [0.5, 0.6) is 0 Å². The van der Waals surface area contributed by atoms with Gasteiger partial charge < -0.3 is 9.64 Å². The van der Waals surface area contributed by atoms with E-state index in [0.717, 1.165) is 50.2 Å². The predicted octanol–water partition coefficient (Wildman–Crippen LogP) is 3.51. The van der Waals surface area contributed by atoms with Crippen molar-refractivity contribution in [2.24, 2.45) is 0 Å². The number of aromatic nitrogens is 1. The lowest BCUT2D eigenvalue weighted by atomic mass is 10.0. The standard InChI is InChI=1S/C22H29N3O2S/c1-3-16-5-6-17(23-11-16)12-24-8-7-19-20(15-28-21(19)14-24)22(26)25-9-10-27-18(4-2)13-25/h5-6,11,15,18H,3-4,7-10,12-14H2,1-2H3/t18-/m1/s1. The first kappa shape index (κ1) is 19.6. The summed E-state index contributed by atoms with van der Waals surface area (Å²) in [6.07, 6.45) is 5.07. The molecule has 2 aromatic heterocycles. The highest BCUT2D eigenvalue weighted by Crippen LogP contribution is 2.30. The van der Waals surface area contributed by atoms with E-state index in [1.807, 2.05) is 11.1 Å². The molecule has 1 atom stereocenters. The molecule has 6 heteroatoms. The minimum absolute atomic E-state index is 0.175. The Bertz CT molecular complexity index is 818. The van der Waals surface area contributed by atoms with Crippen molar-refractivity contribution in [1.29, 1.82) is 0 Å². The molecule has 28 heavy (non-hydrogen) atoms. The summed E-state index contributed by atoms with van der Waals surface area (Å²) in [5.74, 6) is 0.185. The van der Waals surface area contributed by atoms with Gasteiger partial charge in [-0.25, -0.2) is 0 Å². The summed E-state index contributed by atoms with van der Waals surface area (Å²) >= 11 is 1.73. The number of hydrogen-bond acceptors (Lipinski definition) is 5. The maximum Gasteiger partial charge on any atom is 0.255 e. The van der Waals surface area contributed by atoms with E-state index in [-0.39, 0.29) is 12.0 Å². The first-order chi connectivity index (χ1) is 13.7. The van der Waals surface area contributed by atoms with Crippen molar-refractivity contribution < 1.29 is 9.53 Å². The number of aryl methyl sites for hydroxylation is 1. The monoisotopic (exact) mass is 399 g/mol. The Kier molecular flexibility index (Phi) is 6.09. The van der Waals surface area contributed by atoms with Crippen LogP contribution in [0.3, 0.4) is 0 Å². The molecule has 4 heterocycles. The highest BCUT2D eigenvalue weighted by atomic mass is 32.1. The molecule has 150 valence electrons. The fraction of sp³-hybridized carbons (Fsp3) is 0.545. The van der Waals surface area contributed by atoms with Gasteiger partial charge in [-0.1, -0.05) is 19.9 Å². The van der Waals surface area contributed by atoms with E-state index in [9.17, 15) is 4.79 Å². The molecule has 5 nitrogen and oxygen atoms in total. The van der Waals surface area contributed by atoms with E-state index in [1.54, 1.807) is 11.3 Å². The van der Waals surface area contributed by atoms with Gasteiger partial charge in [-0.3, -0.25) is 14.7 Å². The molecule has 0 unspecified atom stereocenters. The number of rotatable bonds is 5. The van der Waals surface area contributed by atoms with E-state index < -0.39 is 0 Å². The molecule has 1 fully saturated rings. The topological polar surface area (TPSA) is 45.7 Å². The third-order valence-electron chi connectivity index (χ3n) is 5.82. The van der Waals surface area contributed by atoms with Crippen LogP contribution in [-0.4, -0.2) is 53.0 Å². The Hall–Kier alpha value is -1.76. The summed E-state index contributed by atoms with van der Waals surface area (Å²) < 4.78 is 5.72. The number of morpholine rings is 1. The lowest BCUT2D eigenvalue weighted by Gasteiger charge is -2.33. The van der Waals surface area contributed by atoms with Gasteiger partial charge in [-0.15, -0.1) is 11.3 Å². The summed E-state index contributed by atoms with van der Waals surface area (Å²) in [6, 6.07) is 4.31. The number of carbonyl (C=O) groups excluding carboxylic acids is 1. The number of ether oxygens (including phenoxy) is 1. The van der Waals surface area contributed by atoms with Crippen LogP contribution in [0.4, 0.5) is 0 Å². The normalized spacial score (nSPS) is 20.2. The molecule has 0 N–H and O–H groups in total. The van der Waals surface area contributed by atoms with E-state index in [4.69, 9.17) is 4.74 Å². The van der Waals surface area contributed by atoms with Gasteiger partial charge in [0.05, 0.1) is 24.0 Å². The van der Waals surface area contributed by atoms with E-state index in [0.29, 0.717) is 19.7 Å². The van der Waals surface area contributed by atoms with Crippen LogP contribution in [0, 0.1) is 0 Å². The van der Waals surface area contributed by atoms with Gasteiger partial charge in [-0.05, 0) is 36.5 Å². The second-order valence-electron chi connectivity index (χ2n) is 7.68. The van der Waals surface area contributed by atoms with Crippen molar-refractivity contribution in [2.45, 2.75) is 52.3 Å². The van der Waals surface area contributed by atoms with E-state index >= 15 is 0 Å². The number of nitrogens with zero attached hydrogens (tertiary/aromatic N) is 3. The van der Waals surface area contributed by atoms with Gasteiger partial charge >= 0.3 is 0 Å². The molecular formula is C22H29N3O2S. The summed E-state index contributed by atoms with van der Waals surface area (Å²) in [5, 5.41) is 2.07. The number of fused-ring (bicyclic) bond motifs is 1. The zero-order valence-electron chi connectivity index (χ0n) is 16.8. The van der Waals surface area contributed by atoms with Crippen LogP contribution in [0.25, 0.3) is 0 Å². The average molecular weight is 400 g/mol. The van der Waals surface area contributed by atoms with Gasteiger partial charge in [0.1, 0.15) is 0 Å². The van der Waals surface area contributed by atoms with Crippen LogP contribution in [0.1, 0.15) is 52.3 Å². The third kappa shape index (κ3) is 4.14. The average Bonchev–Trinajstić information content (AvgIpc) is 3.17.